The van der Waals surface area contributed by atoms with Gasteiger partial charge in [0, 0.05) is 0 Å². The Labute approximate surface area is 85.2 Å². The molecule has 0 aliphatic heterocycles. The van der Waals surface area contributed by atoms with Gasteiger partial charge in [0.2, 0.25) is 5.76 Å². The van der Waals surface area contributed by atoms with Crippen molar-refractivity contribution in [1.82, 2.24) is 0 Å². The number of carbonyl (C=O) groups is 1. The number of esters is 1. The second-order valence-electron chi connectivity index (χ2n) is 3.61. The van der Waals surface area contributed by atoms with E-state index >= 15 is 0 Å². The number of furan rings is 1. The molecule has 1 aromatic rings. The molecule has 0 unspecified atom stereocenters. The summed E-state index contributed by atoms with van der Waals surface area (Å²) in [6.07, 6.45) is 0. The Hall–Kier alpha value is -0.770. The van der Waals surface area contributed by atoms with Gasteiger partial charge >= 0.3 is 5.97 Å². The van der Waals surface area contributed by atoms with Crippen molar-refractivity contribution in [2.75, 3.05) is 0 Å². The molecular formula is C9H11BrO3. The third-order valence-corrected chi connectivity index (χ3v) is 1.60. The monoisotopic (exact) mass is 246 g/mol. The summed E-state index contributed by atoms with van der Waals surface area (Å²) in [7, 11) is 0. The zero-order valence-electron chi connectivity index (χ0n) is 7.76. The van der Waals surface area contributed by atoms with E-state index in [0.717, 1.165) is 0 Å². The summed E-state index contributed by atoms with van der Waals surface area (Å²) in [5, 5.41) is 0. The van der Waals surface area contributed by atoms with Crippen LogP contribution in [0.3, 0.4) is 0 Å². The molecule has 0 bridgehead atoms. The van der Waals surface area contributed by atoms with E-state index in [1.165, 1.54) is 0 Å². The highest BCUT2D eigenvalue weighted by Crippen LogP contribution is 2.17. The number of carbonyl (C=O) groups excluding carboxylic acids is 1. The number of hydrogen-bond donors (Lipinski definition) is 0. The average molecular weight is 247 g/mol. The maximum absolute atomic E-state index is 11.3. The van der Waals surface area contributed by atoms with E-state index in [0.29, 0.717) is 4.67 Å². The van der Waals surface area contributed by atoms with Crippen LogP contribution in [-0.4, -0.2) is 11.6 Å². The van der Waals surface area contributed by atoms with Crippen LogP contribution in [0, 0.1) is 0 Å². The molecule has 0 aliphatic carbocycles. The van der Waals surface area contributed by atoms with Gasteiger partial charge in [0.25, 0.3) is 0 Å². The van der Waals surface area contributed by atoms with Gasteiger partial charge in [-0.3, -0.25) is 0 Å². The minimum atomic E-state index is -0.490. The van der Waals surface area contributed by atoms with Gasteiger partial charge in [-0.1, -0.05) is 0 Å². The van der Waals surface area contributed by atoms with Crippen molar-refractivity contribution in [1.29, 1.82) is 0 Å². The lowest BCUT2D eigenvalue weighted by Crippen LogP contribution is -2.23. The molecule has 1 rings (SSSR count). The molecule has 0 N–H and O–H groups in total. The number of hydrogen-bond acceptors (Lipinski definition) is 3. The zero-order chi connectivity index (χ0) is 10.1. The maximum Gasteiger partial charge on any atom is 0.374 e. The lowest BCUT2D eigenvalue weighted by atomic mass is 10.2. The summed E-state index contributed by atoms with van der Waals surface area (Å²) in [5.74, 6) is -0.236. The highest BCUT2D eigenvalue weighted by Gasteiger charge is 2.20. The summed E-state index contributed by atoms with van der Waals surface area (Å²) in [6.45, 7) is 5.43. The van der Waals surface area contributed by atoms with Crippen molar-refractivity contribution < 1.29 is 13.9 Å². The van der Waals surface area contributed by atoms with Crippen molar-refractivity contribution in [2.24, 2.45) is 0 Å². The minimum absolute atomic E-state index is 0.210. The van der Waals surface area contributed by atoms with Crippen LogP contribution in [0.25, 0.3) is 0 Å². The SMILES string of the molecule is CC(C)(C)OC(=O)c1ccc(Br)o1. The van der Waals surface area contributed by atoms with Gasteiger partial charge in [0.05, 0.1) is 0 Å². The maximum atomic E-state index is 11.3. The lowest BCUT2D eigenvalue weighted by molar-refractivity contribution is 0.00348. The molecule has 0 radical (unpaired) electrons. The first-order chi connectivity index (χ1) is 5.88. The Bertz CT molecular complexity index is 309. The van der Waals surface area contributed by atoms with Crippen LogP contribution in [0.4, 0.5) is 0 Å². The molecule has 1 heterocycles. The molecule has 0 amide bonds. The first kappa shape index (κ1) is 10.3. The van der Waals surface area contributed by atoms with Crippen molar-refractivity contribution in [2.45, 2.75) is 26.4 Å². The third-order valence-electron chi connectivity index (χ3n) is 1.17. The highest BCUT2D eigenvalue weighted by molar-refractivity contribution is 9.10. The first-order valence-corrected chi connectivity index (χ1v) is 4.66. The van der Waals surface area contributed by atoms with Crippen molar-refractivity contribution >= 4 is 21.9 Å². The first-order valence-electron chi connectivity index (χ1n) is 3.87. The Morgan fingerprint density at radius 1 is 1.46 bits per heavy atom. The lowest BCUT2D eigenvalue weighted by Gasteiger charge is -2.18. The van der Waals surface area contributed by atoms with Gasteiger partial charge in [-0.15, -0.1) is 0 Å². The summed E-state index contributed by atoms with van der Waals surface area (Å²) >= 11 is 3.11. The fourth-order valence-corrected chi connectivity index (χ4v) is 1.06. The van der Waals surface area contributed by atoms with Gasteiger partial charge in [-0.2, -0.15) is 0 Å². The van der Waals surface area contributed by atoms with Gasteiger partial charge in [-0.25, -0.2) is 4.79 Å². The number of halogens is 1. The topological polar surface area (TPSA) is 39.4 Å². The van der Waals surface area contributed by atoms with Crippen molar-refractivity contribution in [3.05, 3.63) is 22.6 Å². The molecule has 3 nitrogen and oxygen atoms in total. The van der Waals surface area contributed by atoms with E-state index in [1.54, 1.807) is 12.1 Å². The standard InChI is InChI=1S/C9H11BrO3/c1-9(2,3)13-8(11)6-4-5-7(10)12-6/h4-5H,1-3H3. The van der Waals surface area contributed by atoms with Gasteiger partial charge in [0.15, 0.2) is 4.67 Å². The number of rotatable bonds is 1. The van der Waals surface area contributed by atoms with E-state index < -0.39 is 11.6 Å². The smallest absolute Gasteiger partial charge is 0.374 e. The largest absolute Gasteiger partial charge is 0.454 e. The van der Waals surface area contributed by atoms with Crippen molar-refractivity contribution in [3.8, 4) is 0 Å². The fraction of sp³-hybridized carbons (Fsp3) is 0.444. The summed E-state index contributed by atoms with van der Waals surface area (Å²) in [5.41, 5.74) is -0.490. The van der Waals surface area contributed by atoms with Crippen LogP contribution in [0.1, 0.15) is 31.3 Å². The molecule has 1 aromatic heterocycles. The molecule has 0 aliphatic rings. The molecule has 0 spiro atoms. The molecule has 72 valence electrons. The van der Waals surface area contributed by atoms with E-state index in [4.69, 9.17) is 9.15 Å². The second-order valence-corrected chi connectivity index (χ2v) is 4.39. The minimum Gasteiger partial charge on any atom is -0.454 e. The van der Waals surface area contributed by atoms with E-state index in [9.17, 15) is 4.79 Å². The molecule has 0 saturated heterocycles. The Balaban J connectivity index is 2.70. The van der Waals surface area contributed by atoms with Crippen LogP contribution < -0.4 is 0 Å². The molecule has 0 aromatic carbocycles. The third kappa shape index (κ3) is 3.22. The second kappa shape index (κ2) is 3.54. The predicted octanol–water partition coefficient (Wildman–Crippen LogP) is 3.00. The van der Waals surface area contributed by atoms with Gasteiger partial charge in [0.1, 0.15) is 5.60 Å². The van der Waals surface area contributed by atoms with E-state index in [-0.39, 0.29) is 5.76 Å². The molecule has 4 heteroatoms. The van der Waals surface area contributed by atoms with E-state index in [1.807, 2.05) is 20.8 Å². The van der Waals surface area contributed by atoms with E-state index in [2.05, 4.69) is 15.9 Å². The summed E-state index contributed by atoms with van der Waals surface area (Å²) in [4.78, 5) is 11.3. The Morgan fingerprint density at radius 2 is 2.08 bits per heavy atom. The Kier molecular flexibility index (Phi) is 2.81. The van der Waals surface area contributed by atoms with Crippen LogP contribution in [0.15, 0.2) is 21.2 Å². The van der Waals surface area contributed by atoms with Crippen LogP contribution in [0.2, 0.25) is 0 Å². The van der Waals surface area contributed by atoms with Gasteiger partial charge in [-0.05, 0) is 48.8 Å². The Morgan fingerprint density at radius 3 is 2.46 bits per heavy atom. The van der Waals surface area contributed by atoms with Crippen LogP contribution >= 0.6 is 15.9 Å². The summed E-state index contributed by atoms with van der Waals surface area (Å²) < 4.78 is 10.6. The van der Waals surface area contributed by atoms with Crippen LogP contribution in [0.5, 0.6) is 0 Å². The van der Waals surface area contributed by atoms with Gasteiger partial charge < -0.3 is 9.15 Å². The molecular weight excluding hydrogens is 236 g/mol. The normalized spacial score (nSPS) is 11.4. The quantitative estimate of drug-likeness (QED) is 0.716. The predicted molar refractivity (Wildman–Crippen MR) is 51.6 cm³/mol. The summed E-state index contributed by atoms with van der Waals surface area (Å²) in [6, 6.07) is 3.22. The van der Waals surface area contributed by atoms with Crippen LogP contribution in [-0.2, 0) is 4.74 Å². The average Bonchev–Trinajstić information content (AvgIpc) is 2.31. The highest BCUT2D eigenvalue weighted by atomic mass is 79.9. The molecule has 0 atom stereocenters. The molecule has 13 heavy (non-hydrogen) atoms. The zero-order valence-corrected chi connectivity index (χ0v) is 9.34. The molecule has 0 saturated carbocycles. The number of ether oxygens (including phenoxy) is 1. The fourth-order valence-electron chi connectivity index (χ4n) is 0.752. The molecule has 0 fully saturated rings. The van der Waals surface area contributed by atoms with Crippen molar-refractivity contribution in [3.63, 3.8) is 0 Å².